The molecule has 0 saturated carbocycles. The number of methoxy groups -OCH3 is 1. The van der Waals surface area contributed by atoms with Crippen LogP contribution >= 0.6 is 11.6 Å². The van der Waals surface area contributed by atoms with Crippen LogP contribution in [0.1, 0.15) is 64.3 Å². The van der Waals surface area contributed by atoms with Crippen LogP contribution in [-0.2, 0) is 17.8 Å². The monoisotopic (exact) mass is 600 g/mol. The first-order valence-corrected chi connectivity index (χ1v) is 15.1. The number of likely N-dealkylation sites (tertiary alicyclic amines) is 1. The van der Waals surface area contributed by atoms with Gasteiger partial charge < -0.3 is 23.9 Å². The molecule has 10 heteroatoms. The van der Waals surface area contributed by atoms with Crippen molar-refractivity contribution in [3.63, 3.8) is 0 Å². The molecule has 0 unspecified atom stereocenters. The van der Waals surface area contributed by atoms with Crippen LogP contribution < -0.4 is 9.47 Å². The number of halogens is 1. The number of aromatic nitrogens is 3. The lowest BCUT2D eigenvalue weighted by Crippen LogP contribution is -2.35. The standard InChI is InChI=1S/C33H33ClN4O5/c1-41-29-16-23(34)17-35-31(29)28-8-6-21-3-2-4-25(32(21)43-28)20-9-12-37(13-10-20)19-30-36-26-7-5-22(33(39)40)15-27(26)38(30)18-24-11-14-42-24/h2-8,15-17,20,24,28H,9-14,18-19H2,1H3,(H,39,40)/t24-,28+/m0/s1. The number of pyridine rings is 1. The van der Waals surface area contributed by atoms with E-state index in [9.17, 15) is 9.90 Å². The fourth-order valence-corrected chi connectivity index (χ4v) is 6.49. The second-order valence-corrected chi connectivity index (χ2v) is 11.8. The molecule has 2 fully saturated rings. The maximum absolute atomic E-state index is 11.6. The lowest BCUT2D eigenvalue weighted by atomic mass is 9.87. The number of aromatic carboxylic acids is 1. The van der Waals surface area contributed by atoms with Gasteiger partial charge in [0.15, 0.2) is 6.10 Å². The topological polar surface area (TPSA) is 98.9 Å². The number of hydrogen-bond donors (Lipinski definition) is 1. The Morgan fingerprint density at radius 3 is 2.74 bits per heavy atom. The number of carboxylic acids is 1. The van der Waals surface area contributed by atoms with Crippen LogP contribution in [-0.4, -0.2) is 63.4 Å². The zero-order valence-corrected chi connectivity index (χ0v) is 24.7. The molecule has 2 atom stereocenters. The molecule has 5 heterocycles. The van der Waals surface area contributed by atoms with Gasteiger partial charge in [0.05, 0.1) is 47.9 Å². The third-order valence-corrected chi connectivity index (χ3v) is 8.96. The average molecular weight is 601 g/mol. The zero-order valence-electron chi connectivity index (χ0n) is 23.9. The van der Waals surface area contributed by atoms with Gasteiger partial charge in [0.1, 0.15) is 23.0 Å². The van der Waals surface area contributed by atoms with E-state index in [-0.39, 0.29) is 17.8 Å². The Morgan fingerprint density at radius 2 is 2.00 bits per heavy atom. The van der Waals surface area contributed by atoms with E-state index < -0.39 is 5.97 Å². The molecule has 3 aliphatic heterocycles. The van der Waals surface area contributed by atoms with Gasteiger partial charge in [-0.1, -0.05) is 35.9 Å². The maximum Gasteiger partial charge on any atom is 0.335 e. The predicted octanol–water partition coefficient (Wildman–Crippen LogP) is 6.11. The molecular weight excluding hydrogens is 568 g/mol. The van der Waals surface area contributed by atoms with E-state index in [0.717, 1.165) is 67.1 Å². The van der Waals surface area contributed by atoms with E-state index in [1.165, 1.54) is 5.56 Å². The Bertz CT molecular complexity index is 1710. The van der Waals surface area contributed by atoms with Crippen molar-refractivity contribution < 1.29 is 24.1 Å². The first kappa shape index (κ1) is 27.9. The number of fused-ring (bicyclic) bond motifs is 2. The van der Waals surface area contributed by atoms with Crippen LogP contribution in [0.25, 0.3) is 17.1 Å². The number of nitrogens with zero attached hydrogens (tertiary/aromatic N) is 4. The van der Waals surface area contributed by atoms with Crippen molar-refractivity contribution in [1.82, 2.24) is 19.4 Å². The lowest BCUT2D eigenvalue weighted by Gasteiger charge is -2.34. The van der Waals surface area contributed by atoms with E-state index in [4.69, 9.17) is 30.8 Å². The van der Waals surface area contributed by atoms with Gasteiger partial charge in [-0.05, 0) is 68.1 Å². The van der Waals surface area contributed by atoms with Crippen molar-refractivity contribution in [2.45, 2.75) is 50.5 Å². The second kappa shape index (κ2) is 11.6. The van der Waals surface area contributed by atoms with Crippen molar-refractivity contribution in [1.29, 1.82) is 0 Å². The van der Waals surface area contributed by atoms with Crippen LogP contribution in [0.15, 0.2) is 54.7 Å². The molecule has 0 radical (unpaired) electrons. The number of carbonyl (C=O) groups is 1. The summed E-state index contributed by atoms with van der Waals surface area (Å²) in [7, 11) is 1.61. The maximum atomic E-state index is 11.6. The first-order valence-electron chi connectivity index (χ1n) is 14.7. The number of imidazole rings is 1. The molecule has 4 aromatic rings. The van der Waals surface area contributed by atoms with Gasteiger partial charge in [0.2, 0.25) is 0 Å². The van der Waals surface area contributed by atoms with Crippen molar-refractivity contribution in [2.75, 3.05) is 26.8 Å². The highest BCUT2D eigenvalue weighted by Crippen LogP contribution is 2.43. The first-order chi connectivity index (χ1) is 21.0. The Hall–Kier alpha value is -3.92. The minimum atomic E-state index is -0.935. The van der Waals surface area contributed by atoms with E-state index in [1.54, 1.807) is 31.5 Å². The molecule has 2 aromatic carbocycles. The lowest BCUT2D eigenvalue weighted by molar-refractivity contribution is -0.0592. The molecular formula is C33H33ClN4O5. The van der Waals surface area contributed by atoms with Gasteiger partial charge in [0.25, 0.3) is 0 Å². The van der Waals surface area contributed by atoms with Crippen LogP contribution in [0.4, 0.5) is 0 Å². The molecule has 2 saturated heterocycles. The molecule has 9 nitrogen and oxygen atoms in total. The third-order valence-electron chi connectivity index (χ3n) is 8.76. The molecule has 3 aliphatic rings. The number of carboxylic acid groups (broad SMARTS) is 1. The van der Waals surface area contributed by atoms with Crippen molar-refractivity contribution in [2.24, 2.45) is 0 Å². The molecule has 43 heavy (non-hydrogen) atoms. The smallest absolute Gasteiger partial charge is 0.335 e. The zero-order chi connectivity index (χ0) is 29.5. The molecule has 2 aromatic heterocycles. The summed E-state index contributed by atoms with van der Waals surface area (Å²) < 4.78 is 20.0. The van der Waals surface area contributed by atoms with Gasteiger partial charge in [-0.2, -0.15) is 0 Å². The highest BCUT2D eigenvalue weighted by molar-refractivity contribution is 6.30. The van der Waals surface area contributed by atoms with Crippen LogP contribution in [0, 0.1) is 0 Å². The molecule has 0 spiro atoms. The summed E-state index contributed by atoms with van der Waals surface area (Å²) in [5.41, 5.74) is 4.92. The summed E-state index contributed by atoms with van der Waals surface area (Å²) in [6.45, 7) is 3.99. The average Bonchev–Trinajstić information content (AvgIpc) is 3.34. The van der Waals surface area contributed by atoms with Crippen LogP contribution in [0.5, 0.6) is 11.5 Å². The quantitative estimate of drug-likeness (QED) is 0.259. The largest absolute Gasteiger partial charge is 0.495 e. The Kier molecular flexibility index (Phi) is 7.55. The highest BCUT2D eigenvalue weighted by atomic mass is 35.5. The highest BCUT2D eigenvalue weighted by Gasteiger charge is 2.30. The summed E-state index contributed by atoms with van der Waals surface area (Å²) in [5, 5.41) is 10.1. The fourth-order valence-electron chi connectivity index (χ4n) is 6.34. The Morgan fingerprint density at radius 1 is 1.16 bits per heavy atom. The fraction of sp³-hybridized carbons (Fsp3) is 0.364. The number of rotatable bonds is 8. The van der Waals surface area contributed by atoms with Crippen molar-refractivity contribution in [3.05, 3.63) is 88.0 Å². The molecule has 1 N–H and O–H groups in total. The van der Waals surface area contributed by atoms with Gasteiger partial charge in [-0.3, -0.25) is 9.88 Å². The number of para-hydroxylation sites is 1. The Balaban J connectivity index is 1.08. The minimum absolute atomic E-state index is 0.139. The van der Waals surface area contributed by atoms with Gasteiger partial charge >= 0.3 is 5.97 Å². The van der Waals surface area contributed by atoms with Gasteiger partial charge in [0, 0.05) is 24.4 Å². The van der Waals surface area contributed by atoms with E-state index >= 15 is 0 Å². The SMILES string of the molecule is COc1cc(Cl)cnc1[C@H]1C=Cc2cccc(C3CCN(Cc4nc5ccc(C(=O)O)cc5n4C[C@@H]4CCO4)CC3)c2O1. The van der Waals surface area contributed by atoms with Gasteiger partial charge in [-0.15, -0.1) is 0 Å². The number of hydrogen-bond acceptors (Lipinski definition) is 7. The number of piperidine rings is 1. The van der Waals surface area contributed by atoms with E-state index in [2.05, 4.69) is 38.7 Å². The third kappa shape index (κ3) is 5.48. The summed E-state index contributed by atoms with van der Waals surface area (Å²) >= 11 is 6.15. The summed E-state index contributed by atoms with van der Waals surface area (Å²) in [5.74, 6) is 1.88. The molecule has 7 rings (SSSR count). The number of benzene rings is 2. The van der Waals surface area contributed by atoms with Crippen LogP contribution in [0.2, 0.25) is 5.02 Å². The number of ether oxygens (including phenoxy) is 3. The Labute approximate surface area is 254 Å². The van der Waals surface area contributed by atoms with Gasteiger partial charge in [-0.25, -0.2) is 9.78 Å². The predicted molar refractivity (Wildman–Crippen MR) is 163 cm³/mol. The van der Waals surface area contributed by atoms with Crippen LogP contribution in [0.3, 0.4) is 0 Å². The minimum Gasteiger partial charge on any atom is -0.495 e. The molecule has 0 amide bonds. The van der Waals surface area contributed by atoms with E-state index in [0.29, 0.717) is 35.5 Å². The molecule has 222 valence electrons. The van der Waals surface area contributed by atoms with Crippen molar-refractivity contribution >= 4 is 34.7 Å². The normalized spacial score (nSPS) is 20.4. The van der Waals surface area contributed by atoms with E-state index in [1.807, 2.05) is 12.1 Å². The second-order valence-electron chi connectivity index (χ2n) is 11.4. The summed E-state index contributed by atoms with van der Waals surface area (Å²) in [6, 6.07) is 13.3. The molecule has 0 aliphatic carbocycles. The molecule has 0 bridgehead atoms. The summed E-state index contributed by atoms with van der Waals surface area (Å²) in [4.78, 5) is 23.5. The van der Waals surface area contributed by atoms with Crippen molar-refractivity contribution in [3.8, 4) is 11.5 Å². The summed E-state index contributed by atoms with van der Waals surface area (Å²) in [6.07, 6.45) is 8.49.